The molecule has 2 aliphatic rings. The first kappa shape index (κ1) is 23.7. The minimum absolute atomic E-state index is 0.131. The first-order valence-corrected chi connectivity index (χ1v) is 12.3. The van der Waals surface area contributed by atoms with Crippen molar-refractivity contribution >= 4 is 11.7 Å². The number of urea groups is 1. The van der Waals surface area contributed by atoms with E-state index in [1.807, 2.05) is 12.1 Å². The zero-order valence-electron chi connectivity index (χ0n) is 19.5. The zero-order chi connectivity index (χ0) is 23.2. The number of nitrogens with zero attached hydrogens (tertiary/aromatic N) is 1. The topological polar surface area (TPSA) is 44.4 Å². The lowest BCUT2D eigenvalue weighted by molar-refractivity contribution is 0.123. The molecule has 1 saturated carbocycles. The third-order valence-corrected chi connectivity index (χ3v) is 7.19. The smallest absolute Gasteiger partial charge is 0.319 e. The molecule has 2 aromatic carbocycles. The molecule has 0 unspecified atom stereocenters. The Labute approximate surface area is 195 Å². The lowest BCUT2D eigenvalue weighted by Crippen LogP contribution is -2.49. The molecule has 178 valence electrons. The van der Waals surface area contributed by atoms with E-state index in [1.165, 1.54) is 30.9 Å². The van der Waals surface area contributed by atoms with Crippen LogP contribution < -0.4 is 10.6 Å². The third kappa shape index (κ3) is 6.76. The fourth-order valence-corrected chi connectivity index (χ4v) is 5.39. The molecule has 1 aliphatic carbocycles. The van der Waals surface area contributed by atoms with Crippen molar-refractivity contribution in [1.82, 2.24) is 10.2 Å². The summed E-state index contributed by atoms with van der Waals surface area (Å²) in [6.07, 6.45) is 7.77. The summed E-state index contributed by atoms with van der Waals surface area (Å²) in [7, 11) is 0. The van der Waals surface area contributed by atoms with Crippen LogP contribution in [0.25, 0.3) is 0 Å². The quantitative estimate of drug-likeness (QED) is 0.569. The van der Waals surface area contributed by atoms with E-state index in [9.17, 15) is 13.6 Å². The number of benzene rings is 2. The predicted octanol–water partition coefficient (Wildman–Crippen LogP) is 5.91. The number of halogens is 2. The summed E-state index contributed by atoms with van der Waals surface area (Å²) in [5, 5.41) is 5.95. The Balaban J connectivity index is 1.30. The Kier molecular flexibility index (Phi) is 7.97. The second kappa shape index (κ2) is 11.1. The van der Waals surface area contributed by atoms with Crippen molar-refractivity contribution in [3.8, 4) is 0 Å². The third-order valence-electron chi connectivity index (χ3n) is 7.19. The van der Waals surface area contributed by atoms with Crippen LogP contribution in [0.4, 0.5) is 19.3 Å². The number of rotatable bonds is 6. The van der Waals surface area contributed by atoms with Crippen LogP contribution >= 0.6 is 0 Å². The Bertz CT molecular complexity index is 933. The minimum atomic E-state index is -0.316. The van der Waals surface area contributed by atoms with Gasteiger partial charge in [-0.3, -0.25) is 0 Å². The molecule has 1 aliphatic heterocycles. The number of aryl methyl sites for hydroxylation is 1. The van der Waals surface area contributed by atoms with Gasteiger partial charge in [0.05, 0.1) is 0 Å². The van der Waals surface area contributed by atoms with Crippen LogP contribution in [-0.2, 0) is 6.42 Å². The van der Waals surface area contributed by atoms with Crippen LogP contribution in [0.15, 0.2) is 42.5 Å². The van der Waals surface area contributed by atoms with Gasteiger partial charge in [-0.1, -0.05) is 31.0 Å². The van der Waals surface area contributed by atoms with Gasteiger partial charge in [-0.25, -0.2) is 13.6 Å². The number of carbonyl (C=O) groups is 1. The van der Waals surface area contributed by atoms with Crippen LogP contribution in [0.3, 0.4) is 0 Å². The molecule has 1 heterocycles. The molecule has 6 heteroatoms. The maximum Gasteiger partial charge on any atom is 0.319 e. The summed E-state index contributed by atoms with van der Waals surface area (Å²) in [4.78, 5) is 15.2. The Morgan fingerprint density at radius 2 is 1.82 bits per heavy atom. The highest BCUT2D eigenvalue weighted by molar-refractivity contribution is 5.89. The van der Waals surface area contributed by atoms with Crippen LogP contribution in [-0.4, -0.2) is 36.6 Å². The maximum absolute atomic E-state index is 13.8. The van der Waals surface area contributed by atoms with Gasteiger partial charge in [0.25, 0.3) is 0 Å². The van der Waals surface area contributed by atoms with Gasteiger partial charge in [0.1, 0.15) is 11.6 Å². The summed E-state index contributed by atoms with van der Waals surface area (Å²) in [6, 6.07) is 11.5. The molecule has 1 saturated heterocycles. The Morgan fingerprint density at radius 3 is 2.61 bits per heavy atom. The molecule has 3 atom stereocenters. The van der Waals surface area contributed by atoms with E-state index in [4.69, 9.17) is 0 Å². The average molecular weight is 456 g/mol. The molecule has 2 amide bonds. The lowest BCUT2D eigenvalue weighted by Gasteiger charge is -2.39. The van der Waals surface area contributed by atoms with Gasteiger partial charge in [-0.2, -0.15) is 0 Å². The molecule has 4 rings (SSSR count). The lowest BCUT2D eigenvalue weighted by atomic mass is 9.83. The number of hydrogen-bond acceptors (Lipinski definition) is 2. The van der Waals surface area contributed by atoms with E-state index in [0.717, 1.165) is 45.3 Å². The summed E-state index contributed by atoms with van der Waals surface area (Å²) in [5.74, 6) is 0.503. The Morgan fingerprint density at radius 1 is 1.03 bits per heavy atom. The highest BCUT2D eigenvalue weighted by Gasteiger charge is 2.30. The van der Waals surface area contributed by atoms with Gasteiger partial charge < -0.3 is 15.5 Å². The number of hydrogen-bond donors (Lipinski definition) is 2. The Hall–Kier alpha value is -2.47. The van der Waals surface area contributed by atoms with Crippen LogP contribution in [0.2, 0.25) is 0 Å². The number of piperidine rings is 1. The fraction of sp³-hybridized carbons (Fsp3) is 0.519. The number of carbonyl (C=O) groups excluding carboxylic acids is 1. The highest BCUT2D eigenvalue weighted by atomic mass is 19.1. The molecule has 0 bridgehead atoms. The molecule has 2 N–H and O–H groups in total. The number of anilines is 1. The van der Waals surface area contributed by atoms with Gasteiger partial charge in [0.15, 0.2) is 0 Å². The monoisotopic (exact) mass is 455 g/mol. The molecule has 33 heavy (non-hydrogen) atoms. The first-order chi connectivity index (χ1) is 16.0. The minimum Gasteiger partial charge on any atom is -0.335 e. The molecule has 0 radical (unpaired) electrons. The van der Waals surface area contributed by atoms with E-state index < -0.39 is 0 Å². The zero-order valence-corrected chi connectivity index (χ0v) is 19.5. The summed E-state index contributed by atoms with van der Waals surface area (Å²) >= 11 is 0. The van der Waals surface area contributed by atoms with Crippen molar-refractivity contribution in [3.05, 3.63) is 65.2 Å². The normalized spacial score (nSPS) is 23.8. The SMILES string of the molecule is Cc1ccc(NC(=O)N[C@@H]2CCCC[C@H]2CN2CCC[C@@H](Cc3ccc(F)cc3)C2)cc1F. The van der Waals surface area contributed by atoms with Crippen molar-refractivity contribution in [3.63, 3.8) is 0 Å². The summed E-state index contributed by atoms with van der Waals surface area (Å²) in [5.41, 5.74) is 2.24. The molecular weight excluding hydrogens is 420 g/mol. The van der Waals surface area contributed by atoms with Crippen molar-refractivity contribution in [2.75, 3.05) is 25.0 Å². The molecule has 0 spiro atoms. The molecule has 0 aromatic heterocycles. The van der Waals surface area contributed by atoms with Crippen LogP contribution in [0, 0.1) is 30.4 Å². The van der Waals surface area contributed by atoms with Crippen LogP contribution in [0.5, 0.6) is 0 Å². The maximum atomic E-state index is 13.8. The van der Waals surface area contributed by atoms with Crippen molar-refractivity contribution < 1.29 is 13.6 Å². The van der Waals surface area contributed by atoms with Gasteiger partial charge in [0.2, 0.25) is 0 Å². The van der Waals surface area contributed by atoms with E-state index >= 15 is 0 Å². The van der Waals surface area contributed by atoms with E-state index in [-0.39, 0.29) is 23.7 Å². The fourth-order valence-electron chi connectivity index (χ4n) is 5.39. The summed E-state index contributed by atoms with van der Waals surface area (Å²) in [6.45, 7) is 4.84. The van der Waals surface area contributed by atoms with Crippen molar-refractivity contribution in [2.45, 2.75) is 57.9 Å². The van der Waals surface area contributed by atoms with Gasteiger partial charge in [-0.05, 0) is 92.8 Å². The predicted molar refractivity (Wildman–Crippen MR) is 128 cm³/mol. The number of amides is 2. The second-order valence-corrected chi connectivity index (χ2v) is 9.81. The number of nitrogens with one attached hydrogen (secondary N) is 2. The standard InChI is InChI=1S/C27H35F2N3O/c1-19-8-13-24(16-25(19)29)30-27(33)31-26-7-3-2-6-22(26)18-32-14-4-5-21(17-32)15-20-9-11-23(28)12-10-20/h8-13,16,21-22,26H,2-7,14-15,17-18H2,1H3,(H2,30,31,33)/t21-,22-,26+/m0/s1. The van der Waals surface area contributed by atoms with E-state index in [1.54, 1.807) is 31.2 Å². The second-order valence-electron chi connectivity index (χ2n) is 9.81. The van der Waals surface area contributed by atoms with Gasteiger partial charge >= 0.3 is 6.03 Å². The summed E-state index contributed by atoms with van der Waals surface area (Å²) < 4.78 is 27.0. The average Bonchev–Trinajstić information content (AvgIpc) is 2.79. The van der Waals surface area contributed by atoms with Crippen molar-refractivity contribution in [2.24, 2.45) is 11.8 Å². The number of likely N-dealkylation sites (tertiary alicyclic amines) is 1. The first-order valence-electron chi connectivity index (χ1n) is 12.3. The largest absolute Gasteiger partial charge is 0.335 e. The molecule has 4 nitrogen and oxygen atoms in total. The molecular formula is C27H35F2N3O. The molecule has 2 aromatic rings. The van der Waals surface area contributed by atoms with Crippen molar-refractivity contribution in [1.29, 1.82) is 0 Å². The van der Waals surface area contributed by atoms with E-state index in [0.29, 0.717) is 23.1 Å². The van der Waals surface area contributed by atoms with Crippen LogP contribution in [0.1, 0.15) is 49.7 Å². The molecule has 2 fully saturated rings. The van der Waals surface area contributed by atoms with Gasteiger partial charge in [-0.15, -0.1) is 0 Å². The van der Waals surface area contributed by atoms with Gasteiger partial charge in [0, 0.05) is 24.8 Å². The van der Waals surface area contributed by atoms with E-state index in [2.05, 4.69) is 15.5 Å². The highest BCUT2D eigenvalue weighted by Crippen LogP contribution is 2.28.